The molecule has 2 rings (SSSR count). The predicted molar refractivity (Wildman–Crippen MR) is 84.0 cm³/mol. The number of amides is 1. The van der Waals surface area contributed by atoms with Crippen LogP contribution in [0, 0.1) is 0 Å². The summed E-state index contributed by atoms with van der Waals surface area (Å²) in [6.07, 6.45) is 11.8. The van der Waals surface area contributed by atoms with E-state index in [1.165, 1.54) is 38.5 Å². The number of carbonyl (C=O) groups excluding carboxylic acids is 1. The quantitative estimate of drug-likeness (QED) is 0.245. The number of nitrogens with zero attached hydrogens (tertiary/aromatic N) is 1. The maximum Gasteiger partial charge on any atom is 0.325 e. The minimum absolute atomic E-state index is 0.278. The summed E-state index contributed by atoms with van der Waals surface area (Å²) in [6.45, 7) is 0. The number of nitrogens with one attached hydrogen (secondary N) is 2. The summed E-state index contributed by atoms with van der Waals surface area (Å²) in [5, 5.41) is 2.70. The Morgan fingerprint density at radius 1 is 1.00 bits per heavy atom. The summed E-state index contributed by atoms with van der Waals surface area (Å²) < 4.78 is 0. The number of thiol groups is 1. The fourth-order valence-corrected chi connectivity index (χ4v) is 3.01. The SMILES string of the molecule is O=C(S)NOO/C(=N\C1CCCCC1)NC1CCCCC1. The van der Waals surface area contributed by atoms with Gasteiger partial charge in [0, 0.05) is 6.04 Å². The third kappa shape index (κ3) is 6.56. The maximum absolute atomic E-state index is 10.7. The van der Waals surface area contributed by atoms with E-state index in [9.17, 15) is 4.79 Å². The van der Waals surface area contributed by atoms with Crippen LogP contribution in [0.1, 0.15) is 64.2 Å². The van der Waals surface area contributed by atoms with Gasteiger partial charge >= 0.3 is 11.3 Å². The Bertz CT molecular complexity index is 353. The summed E-state index contributed by atoms with van der Waals surface area (Å²) in [5.74, 6) is 0. The molecule has 2 N–H and O–H groups in total. The minimum atomic E-state index is -0.607. The topological polar surface area (TPSA) is 72.0 Å². The van der Waals surface area contributed by atoms with Crippen molar-refractivity contribution in [3.63, 3.8) is 0 Å². The molecule has 2 aliphatic carbocycles. The molecule has 0 saturated heterocycles. The molecule has 2 fully saturated rings. The fraction of sp³-hybridized carbons (Fsp3) is 0.857. The van der Waals surface area contributed by atoms with Gasteiger partial charge in [0.1, 0.15) is 0 Å². The van der Waals surface area contributed by atoms with Crippen molar-refractivity contribution in [3.05, 3.63) is 0 Å². The second-order valence-corrected chi connectivity index (χ2v) is 6.19. The number of hydrogen-bond donors (Lipinski definition) is 3. The molecule has 120 valence electrons. The van der Waals surface area contributed by atoms with Gasteiger partial charge in [-0.25, -0.2) is 4.99 Å². The van der Waals surface area contributed by atoms with Crippen LogP contribution < -0.4 is 10.8 Å². The number of hydrogen-bond acceptors (Lipinski definition) is 4. The van der Waals surface area contributed by atoms with Gasteiger partial charge in [-0.15, -0.1) is 0 Å². The number of hydroxylamine groups is 1. The van der Waals surface area contributed by atoms with Crippen molar-refractivity contribution in [1.82, 2.24) is 10.8 Å². The Kier molecular flexibility index (Phi) is 7.15. The first-order chi connectivity index (χ1) is 10.2. The molecule has 6 nitrogen and oxygen atoms in total. The standard InChI is InChI=1S/C14H25N3O3S/c18-14(21)17-20-19-13(15-11-7-3-1-4-8-11)16-12-9-5-2-6-10-12/h11-12H,1-10H2,(H,15,16)(H2,17,18,21). The average molecular weight is 315 g/mol. The van der Waals surface area contributed by atoms with Gasteiger partial charge in [0.2, 0.25) is 0 Å². The Morgan fingerprint density at radius 2 is 1.62 bits per heavy atom. The Labute approximate surface area is 131 Å². The molecule has 0 bridgehead atoms. The van der Waals surface area contributed by atoms with E-state index in [0.717, 1.165) is 25.7 Å². The first-order valence-electron chi connectivity index (χ1n) is 7.91. The molecule has 0 aromatic rings. The zero-order valence-electron chi connectivity index (χ0n) is 12.3. The zero-order chi connectivity index (χ0) is 14.9. The van der Waals surface area contributed by atoms with Crippen molar-refractivity contribution < 1.29 is 14.7 Å². The van der Waals surface area contributed by atoms with Crippen LogP contribution in [-0.2, 0) is 9.88 Å². The summed E-state index contributed by atoms with van der Waals surface area (Å²) in [5.41, 5.74) is 2.03. The minimum Gasteiger partial charge on any atom is -0.335 e. The van der Waals surface area contributed by atoms with Gasteiger partial charge in [0.25, 0.3) is 0 Å². The Morgan fingerprint density at radius 3 is 2.24 bits per heavy atom. The van der Waals surface area contributed by atoms with Gasteiger partial charge in [-0.3, -0.25) is 9.68 Å². The van der Waals surface area contributed by atoms with Gasteiger partial charge in [-0.1, -0.05) is 56.1 Å². The largest absolute Gasteiger partial charge is 0.335 e. The number of amidine groups is 1. The lowest BCUT2D eigenvalue weighted by Crippen LogP contribution is -2.39. The van der Waals surface area contributed by atoms with E-state index in [1.807, 2.05) is 5.48 Å². The van der Waals surface area contributed by atoms with Crippen molar-refractivity contribution in [3.8, 4) is 0 Å². The lowest BCUT2D eigenvalue weighted by Gasteiger charge is -2.25. The summed E-state index contributed by atoms with van der Waals surface area (Å²) in [4.78, 5) is 25.1. The van der Waals surface area contributed by atoms with Crippen LogP contribution in [0.15, 0.2) is 4.99 Å². The van der Waals surface area contributed by atoms with Crippen molar-refractivity contribution in [2.24, 2.45) is 4.99 Å². The summed E-state index contributed by atoms with van der Waals surface area (Å²) in [7, 11) is 0. The number of rotatable bonds is 4. The number of aliphatic imine (C=N–C) groups is 1. The lowest BCUT2D eigenvalue weighted by molar-refractivity contribution is -0.259. The van der Waals surface area contributed by atoms with E-state index in [1.54, 1.807) is 0 Å². The van der Waals surface area contributed by atoms with E-state index >= 15 is 0 Å². The van der Waals surface area contributed by atoms with Crippen molar-refractivity contribution in [2.45, 2.75) is 76.3 Å². The van der Waals surface area contributed by atoms with Crippen molar-refractivity contribution in [1.29, 1.82) is 0 Å². The van der Waals surface area contributed by atoms with Crippen molar-refractivity contribution in [2.75, 3.05) is 0 Å². The highest BCUT2D eigenvalue weighted by atomic mass is 32.1. The third-order valence-corrected chi connectivity index (χ3v) is 4.15. The molecule has 2 saturated carbocycles. The first-order valence-corrected chi connectivity index (χ1v) is 8.35. The van der Waals surface area contributed by atoms with Crippen LogP contribution in [0.5, 0.6) is 0 Å². The molecule has 7 heteroatoms. The molecule has 2 aliphatic rings. The van der Waals surface area contributed by atoms with Crippen molar-refractivity contribution >= 4 is 23.9 Å². The third-order valence-electron chi connectivity index (χ3n) is 4.06. The van der Waals surface area contributed by atoms with E-state index < -0.39 is 5.24 Å². The fourth-order valence-electron chi connectivity index (χ4n) is 2.98. The van der Waals surface area contributed by atoms with Crippen LogP contribution in [-0.4, -0.2) is 23.3 Å². The molecular formula is C14H25N3O3S. The second kappa shape index (κ2) is 9.15. The van der Waals surface area contributed by atoms with Crippen LogP contribution in [0.4, 0.5) is 4.79 Å². The van der Waals surface area contributed by atoms with Crippen LogP contribution in [0.2, 0.25) is 0 Å². The van der Waals surface area contributed by atoms with Crippen LogP contribution >= 0.6 is 12.6 Å². The molecule has 0 aliphatic heterocycles. The molecule has 0 aromatic heterocycles. The smallest absolute Gasteiger partial charge is 0.325 e. The summed E-state index contributed by atoms with van der Waals surface area (Å²) >= 11 is 3.55. The Balaban J connectivity index is 1.87. The van der Waals surface area contributed by atoms with E-state index in [-0.39, 0.29) is 6.04 Å². The van der Waals surface area contributed by atoms with Gasteiger partial charge in [0.15, 0.2) is 0 Å². The molecule has 21 heavy (non-hydrogen) atoms. The monoisotopic (exact) mass is 315 g/mol. The van der Waals surface area contributed by atoms with Gasteiger partial charge in [0.05, 0.1) is 6.04 Å². The van der Waals surface area contributed by atoms with Gasteiger partial charge in [-0.05, 0) is 25.7 Å². The highest BCUT2D eigenvalue weighted by Crippen LogP contribution is 2.21. The molecule has 0 heterocycles. The predicted octanol–water partition coefficient (Wildman–Crippen LogP) is 3.10. The van der Waals surface area contributed by atoms with Gasteiger partial charge < -0.3 is 5.32 Å². The molecule has 0 aromatic carbocycles. The normalized spacial score (nSPS) is 21.9. The lowest BCUT2D eigenvalue weighted by atomic mass is 9.95. The second-order valence-electron chi connectivity index (χ2n) is 5.78. The first kappa shape index (κ1) is 16.4. The molecular weight excluding hydrogens is 290 g/mol. The maximum atomic E-state index is 10.7. The van der Waals surface area contributed by atoms with E-state index in [4.69, 9.17) is 4.89 Å². The highest BCUT2D eigenvalue weighted by molar-refractivity contribution is 7.96. The summed E-state index contributed by atoms with van der Waals surface area (Å²) in [6, 6.07) is 1.02. The average Bonchev–Trinajstić information content (AvgIpc) is 2.49. The molecule has 0 unspecified atom stereocenters. The molecule has 0 radical (unpaired) electrons. The molecule has 0 spiro atoms. The van der Waals surface area contributed by atoms with Crippen LogP contribution in [0.25, 0.3) is 0 Å². The van der Waals surface area contributed by atoms with Crippen LogP contribution in [0.3, 0.4) is 0 Å². The highest BCUT2D eigenvalue weighted by Gasteiger charge is 2.19. The van der Waals surface area contributed by atoms with E-state index in [0.29, 0.717) is 12.1 Å². The van der Waals surface area contributed by atoms with E-state index in [2.05, 4.69) is 27.9 Å². The zero-order valence-corrected chi connectivity index (χ0v) is 13.2. The molecule has 0 atom stereocenters. The van der Waals surface area contributed by atoms with Gasteiger partial charge in [-0.2, -0.15) is 5.48 Å². The Hall–Kier alpha value is -0.950. The number of carbonyl (C=O) groups is 1. The molecule has 1 amide bonds.